The van der Waals surface area contributed by atoms with Gasteiger partial charge in [0.15, 0.2) is 0 Å². The first-order valence-electron chi connectivity index (χ1n) is 6.96. The molecule has 0 unspecified atom stereocenters. The molecule has 0 atom stereocenters. The normalized spacial score (nSPS) is 16.1. The molecular formula is C15H21ClN2O. The average molecular weight is 281 g/mol. The Labute approximate surface area is 119 Å². The summed E-state index contributed by atoms with van der Waals surface area (Å²) in [5.74, 6) is 0.644. The van der Waals surface area contributed by atoms with Crippen LogP contribution in [0.15, 0.2) is 18.2 Å². The summed E-state index contributed by atoms with van der Waals surface area (Å²) in [5.41, 5.74) is 1.78. The summed E-state index contributed by atoms with van der Waals surface area (Å²) in [6.45, 7) is 2.71. The van der Waals surface area contributed by atoms with Gasteiger partial charge in [-0.1, -0.05) is 30.9 Å². The molecule has 0 aliphatic heterocycles. The van der Waals surface area contributed by atoms with E-state index < -0.39 is 0 Å². The van der Waals surface area contributed by atoms with E-state index in [2.05, 4.69) is 10.6 Å². The summed E-state index contributed by atoms with van der Waals surface area (Å²) >= 11 is 5.89. The lowest BCUT2D eigenvalue weighted by Crippen LogP contribution is -2.33. The van der Waals surface area contributed by atoms with Gasteiger partial charge in [-0.3, -0.25) is 0 Å². The minimum Gasteiger partial charge on any atom is -0.338 e. The predicted molar refractivity (Wildman–Crippen MR) is 79.8 cm³/mol. The van der Waals surface area contributed by atoms with Gasteiger partial charge in [0.05, 0.1) is 0 Å². The van der Waals surface area contributed by atoms with Crippen LogP contribution in [0.3, 0.4) is 0 Å². The first-order valence-corrected chi connectivity index (χ1v) is 7.34. The van der Waals surface area contributed by atoms with Crippen molar-refractivity contribution in [3.05, 3.63) is 28.8 Å². The van der Waals surface area contributed by atoms with E-state index in [4.69, 9.17) is 11.6 Å². The van der Waals surface area contributed by atoms with Crippen LogP contribution in [0, 0.1) is 12.8 Å². The van der Waals surface area contributed by atoms with E-state index in [1.54, 1.807) is 6.07 Å². The van der Waals surface area contributed by atoms with Gasteiger partial charge in [0.1, 0.15) is 0 Å². The van der Waals surface area contributed by atoms with Crippen molar-refractivity contribution >= 4 is 23.3 Å². The number of amides is 2. The molecule has 1 aliphatic rings. The molecule has 0 bridgehead atoms. The molecule has 104 valence electrons. The number of aryl methyl sites for hydroxylation is 1. The number of rotatable bonds is 3. The maximum absolute atomic E-state index is 11.8. The van der Waals surface area contributed by atoms with Crippen LogP contribution in [0.25, 0.3) is 0 Å². The number of anilines is 1. The van der Waals surface area contributed by atoms with Gasteiger partial charge in [-0.15, -0.1) is 0 Å². The number of carbonyl (C=O) groups is 1. The summed E-state index contributed by atoms with van der Waals surface area (Å²) in [4.78, 5) is 11.8. The Morgan fingerprint density at radius 2 is 2.05 bits per heavy atom. The zero-order valence-electron chi connectivity index (χ0n) is 11.3. The first-order chi connectivity index (χ1) is 9.15. The van der Waals surface area contributed by atoms with Crippen molar-refractivity contribution in [3.8, 4) is 0 Å². The molecule has 0 radical (unpaired) electrons. The monoisotopic (exact) mass is 280 g/mol. The molecule has 3 nitrogen and oxygen atoms in total. The van der Waals surface area contributed by atoms with Crippen LogP contribution in [0.1, 0.15) is 37.7 Å². The zero-order valence-corrected chi connectivity index (χ0v) is 12.1. The van der Waals surface area contributed by atoms with Crippen molar-refractivity contribution in [1.82, 2.24) is 5.32 Å². The van der Waals surface area contributed by atoms with E-state index in [1.807, 2.05) is 19.1 Å². The van der Waals surface area contributed by atoms with Crippen molar-refractivity contribution in [2.75, 3.05) is 11.9 Å². The maximum Gasteiger partial charge on any atom is 0.319 e. The van der Waals surface area contributed by atoms with E-state index in [1.165, 1.54) is 32.1 Å². The van der Waals surface area contributed by atoms with Gasteiger partial charge < -0.3 is 10.6 Å². The van der Waals surface area contributed by atoms with E-state index in [-0.39, 0.29) is 6.03 Å². The lowest BCUT2D eigenvalue weighted by Gasteiger charge is -2.21. The lowest BCUT2D eigenvalue weighted by molar-refractivity contribution is 0.247. The number of hydrogen-bond acceptors (Lipinski definition) is 1. The van der Waals surface area contributed by atoms with Gasteiger partial charge in [-0.05, 0) is 49.4 Å². The van der Waals surface area contributed by atoms with Gasteiger partial charge in [0.25, 0.3) is 0 Å². The summed E-state index contributed by atoms with van der Waals surface area (Å²) < 4.78 is 0. The minimum atomic E-state index is -0.129. The topological polar surface area (TPSA) is 41.1 Å². The Morgan fingerprint density at radius 3 is 2.74 bits per heavy atom. The number of benzene rings is 1. The SMILES string of the molecule is Cc1cc(Cl)ccc1NC(=O)NCC1CCCCC1. The molecular weight excluding hydrogens is 260 g/mol. The molecule has 2 rings (SSSR count). The molecule has 0 heterocycles. The average Bonchev–Trinajstić information content (AvgIpc) is 2.41. The maximum atomic E-state index is 11.8. The number of carbonyl (C=O) groups excluding carboxylic acids is 1. The molecule has 1 fully saturated rings. The zero-order chi connectivity index (χ0) is 13.7. The standard InChI is InChI=1S/C15H21ClN2O/c1-11-9-13(16)7-8-14(11)18-15(19)17-10-12-5-3-2-4-6-12/h7-9,12H,2-6,10H2,1H3,(H2,17,18,19). The Morgan fingerprint density at radius 1 is 1.32 bits per heavy atom. The van der Waals surface area contributed by atoms with E-state index in [9.17, 15) is 4.79 Å². The highest BCUT2D eigenvalue weighted by Gasteiger charge is 2.14. The van der Waals surface area contributed by atoms with Crippen LogP contribution in [0.5, 0.6) is 0 Å². The third-order valence-corrected chi connectivity index (χ3v) is 3.95. The first kappa shape index (κ1) is 14.2. The molecule has 0 spiro atoms. The van der Waals surface area contributed by atoms with Crippen molar-refractivity contribution < 1.29 is 4.79 Å². The third-order valence-electron chi connectivity index (χ3n) is 3.71. The number of nitrogens with one attached hydrogen (secondary N) is 2. The van der Waals surface area contributed by atoms with Crippen LogP contribution in [0.4, 0.5) is 10.5 Å². The quantitative estimate of drug-likeness (QED) is 0.849. The van der Waals surface area contributed by atoms with Gasteiger partial charge in [-0.25, -0.2) is 4.79 Å². The van der Waals surface area contributed by atoms with Crippen molar-refractivity contribution in [2.45, 2.75) is 39.0 Å². The summed E-state index contributed by atoms with van der Waals surface area (Å²) in [5, 5.41) is 6.51. The minimum absolute atomic E-state index is 0.129. The molecule has 19 heavy (non-hydrogen) atoms. The molecule has 0 aromatic heterocycles. The van der Waals surface area contributed by atoms with Crippen molar-refractivity contribution in [1.29, 1.82) is 0 Å². The van der Waals surface area contributed by atoms with Crippen LogP contribution in [0.2, 0.25) is 5.02 Å². The molecule has 0 saturated heterocycles. The van der Waals surface area contributed by atoms with Gasteiger partial charge in [-0.2, -0.15) is 0 Å². The fourth-order valence-electron chi connectivity index (χ4n) is 2.56. The van der Waals surface area contributed by atoms with E-state index in [0.29, 0.717) is 10.9 Å². The lowest BCUT2D eigenvalue weighted by atomic mass is 9.89. The molecule has 1 saturated carbocycles. The van der Waals surface area contributed by atoms with Crippen molar-refractivity contribution in [2.24, 2.45) is 5.92 Å². The number of hydrogen-bond donors (Lipinski definition) is 2. The highest BCUT2D eigenvalue weighted by atomic mass is 35.5. The third kappa shape index (κ3) is 4.43. The van der Waals surface area contributed by atoms with E-state index in [0.717, 1.165) is 17.8 Å². The van der Waals surface area contributed by atoms with Gasteiger partial charge in [0, 0.05) is 17.3 Å². The fourth-order valence-corrected chi connectivity index (χ4v) is 2.79. The van der Waals surface area contributed by atoms with Gasteiger partial charge in [0.2, 0.25) is 0 Å². The number of halogens is 1. The predicted octanol–water partition coefficient (Wildman–Crippen LogP) is 4.35. The second-order valence-electron chi connectivity index (χ2n) is 5.30. The second-order valence-corrected chi connectivity index (χ2v) is 5.73. The Balaban J connectivity index is 1.80. The highest BCUT2D eigenvalue weighted by molar-refractivity contribution is 6.30. The largest absolute Gasteiger partial charge is 0.338 e. The number of urea groups is 1. The summed E-state index contributed by atoms with van der Waals surface area (Å²) in [7, 11) is 0. The fraction of sp³-hybridized carbons (Fsp3) is 0.533. The van der Waals surface area contributed by atoms with Gasteiger partial charge >= 0.3 is 6.03 Å². The molecule has 2 N–H and O–H groups in total. The Hall–Kier alpha value is -1.22. The summed E-state index contributed by atoms with van der Waals surface area (Å²) in [6, 6.07) is 5.33. The molecule has 4 heteroatoms. The van der Waals surface area contributed by atoms with Crippen LogP contribution in [-0.2, 0) is 0 Å². The van der Waals surface area contributed by atoms with Crippen LogP contribution >= 0.6 is 11.6 Å². The van der Waals surface area contributed by atoms with Crippen molar-refractivity contribution in [3.63, 3.8) is 0 Å². The molecule has 1 aromatic carbocycles. The second kappa shape index (κ2) is 6.80. The molecule has 1 aliphatic carbocycles. The van der Waals surface area contributed by atoms with Crippen LogP contribution < -0.4 is 10.6 Å². The highest BCUT2D eigenvalue weighted by Crippen LogP contribution is 2.23. The Kier molecular flexibility index (Phi) is 5.08. The van der Waals surface area contributed by atoms with Crippen LogP contribution in [-0.4, -0.2) is 12.6 Å². The smallest absolute Gasteiger partial charge is 0.319 e. The molecule has 2 amide bonds. The summed E-state index contributed by atoms with van der Waals surface area (Å²) in [6.07, 6.45) is 6.40. The van der Waals surface area contributed by atoms with E-state index >= 15 is 0 Å². The molecule has 1 aromatic rings. The Bertz CT molecular complexity index is 442.